The quantitative estimate of drug-likeness (QED) is 0.371. The van der Waals surface area contributed by atoms with E-state index in [4.69, 9.17) is 0 Å². The fourth-order valence-corrected chi connectivity index (χ4v) is 3.29. The van der Waals surface area contributed by atoms with Crippen LogP contribution in [0.15, 0.2) is 91.0 Å². The predicted octanol–water partition coefficient (Wildman–Crippen LogP) is 6.47. The molecule has 0 saturated heterocycles. The Hall–Kier alpha value is -3.67. The van der Waals surface area contributed by atoms with E-state index in [9.17, 15) is 13.2 Å². The number of hydrogen-bond donors (Lipinski definition) is 0. The van der Waals surface area contributed by atoms with Crippen LogP contribution >= 0.6 is 0 Å². The highest BCUT2D eigenvalue weighted by atomic mass is 19.4. The molecule has 0 N–H and O–H groups in total. The lowest BCUT2D eigenvalue weighted by Crippen LogP contribution is -2.18. The normalized spacial score (nSPS) is 11.4. The van der Waals surface area contributed by atoms with Gasteiger partial charge in [0.05, 0.1) is 11.3 Å². The summed E-state index contributed by atoms with van der Waals surface area (Å²) in [7, 11) is 1.90. The molecule has 0 spiro atoms. The second-order valence-electron chi connectivity index (χ2n) is 7.22. The molecule has 156 valence electrons. The number of halogens is 3. The first-order valence-corrected chi connectivity index (χ1v) is 9.77. The molecule has 1 heterocycles. The zero-order chi connectivity index (χ0) is 21.8. The third-order valence-corrected chi connectivity index (χ3v) is 4.88. The maximum absolute atomic E-state index is 13.2. The van der Waals surface area contributed by atoms with Crippen molar-refractivity contribution < 1.29 is 13.2 Å². The molecule has 4 aromatic rings. The van der Waals surface area contributed by atoms with Gasteiger partial charge in [0.15, 0.2) is 5.82 Å². The van der Waals surface area contributed by atoms with Gasteiger partial charge in [-0.05, 0) is 17.7 Å². The number of anilines is 1. The summed E-state index contributed by atoms with van der Waals surface area (Å²) in [6, 6.07) is 26.3. The second kappa shape index (κ2) is 8.60. The molecule has 6 heteroatoms. The molecule has 0 saturated carbocycles. The first-order valence-electron chi connectivity index (χ1n) is 9.77. The van der Waals surface area contributed by atoms with E-state index in [0.29, 0.717) is 29.4 Å². The van der Waals surface area contributed by atoms with Gasteiger partial charge in [0.1, 0.15) is 5.82 Å². The molecule has 1 aromatic heterocycles. The molecule has 0 unspecified atom stereocenters. The molecule has 0 aliphatic carbocycles. The van der Waals surface area contributed by atoms with Crippen molar-refractivity contribution in [3.8, 4) is 22.6 Å². The zero-order valence-electron chi connectivity index (χ0n) is 16.8. The maximum Gasteiger partial charge on any atom is 0.416 e. The van der Waals surface area contributed by atoms with Gasteiger partial charge in [-0.15, -0.1) is 0 Å². The van der Waals surface area contributed by atoms with Crippen molar-refractivity contribution in [2.75, 3.05) is 11.9 Å². The van der Waals surface area contributed by atoms with Gasteiger partial charge in [-0.3, -0.25) is 0 Å². The summed E-state index contributed by atoms with van der Waals surface area (Å²) in [6.07, 6.45) is -4.42. The molecule has 0 amide bonds. The SMILES string of the molecule is CN(Cc1ccccc1)c1cc(-c2cccc(C(F)(F)F)c2)nc(-c2ccccc2)n1. The van der Waals surface area contributed by atoms with Crippen molar-refractivity contribution in [1.29, 1.82) is 0 Å². The lowest BCUT2D eigenvalue weighted by molar-refractivity contribution is -0.137. The van der Waals surface area contributed by atoms with Crippen LogP contribution < -0.4 is 4.90 Å². The lowest BCUT2D eigenvalue weighted by atomic mass is 10.1. The molecule has 0 radical (unpaired) electrons. The minimum absolute atomic E-state index is 0.392. The average Bonchev–Trinajstić information content (AvgIpc) is 2.79. The van der Waals surface area contributed by atoms with Crippen LogP contribution in [-0.4, -0.2) is 17.0 Å². The van der Waals surface area contributed by atoms with Gasteiger partial charge in [-0.25, -0.2) is 9.97 Å². The molecule has 3 aromatic carbocycles. The average molecular weight is 419 g/mol. The molecule has 3 nitrogen and oxygen atoms in total. The van der Waals surface area contributed by atoms with Gasteiger partial charge in [0.25, 0.3) is 0 Å². The van der Waals surface area contributed by atoms with Gasteiger partial charge in [-0.2, -0.15) is 13.2 Å². The highest BCUT2D eigenvalue weighted by Crippen LogP contribution is 2.33. The fourth-order valence-electron chi connectivity index (χ4n) is 3.29. The number of nitrogens with zero attached hydrogens (tertiary/aromatic N) is 3. The lowest BCUT2D eigenvalue weighted by Gasteiger charge is -2.20. The Morgan fingerprint density at radius 3 is 2.06 bits per heavy atom. The molecular formula is C25H20F3N3. The standard InChI is InChI=1S/C25H20F3N3/c1-31(17-18-9-4-2-5-10-18)23-16-22(20-13-8-14-21(15-20)25(26,27)28)29-24(30-23)19-11-6-3-7-12-19/h2-16H,17H2,1H3. The summed E-state index contributed by atoms with van der Waals surface area (Å²) in [5.41, 5.74) is 2.03. The Kier molecular flexibility index (Phi) is 5.71. The number of aromatic nitrogens is 2. The number of alkyl halides is 3. The molecule has 0 aliphatic heterocycles. The van der Waals surface area contributed by atoms with Crippen LogP contribution in [0.3, 0.4) is 0 Å². The molecular weight excluding hydrogens is 399 g/mol. The summed E-state index contributed by atoms with van der Waals surface area (Å²) in [6.45, 7) is 0.605. The van der Waals surface area contributed by atoms with E-state index in [-0.39, 0.29) is 0 Å². The van der Waals surface area contributed by atoms with E-state index in [1.807, 2.05) is 72.6 Å². The fraction of sp³-hybridized carbons (Fsp3) is 0.120. The molecule has 0 fully saturated rings. The van der Waals surface area contributed by atoms with E-state index in [1.165, 1.54) is 6.07 Å². The largest absolute Gasteiger partial charge is 0.416 e. The van der Waals surface area contributed by atoms with Crippen LogP contribution in [-0.2, 0) is 12.7 Å². The Labute approximate surface area is 178 Å². The second-order valence-corrected chi connectivity index (χ2v) is 7.22. The Balaban J connectivity index is 1.79. The van der Waals surface area contributed by atoms with Crippen molar-refractivity contribution in [2.45, 2.75) is 12.7 Å². The molecule has 0 aliphatic rings. The minimum Gasteiger partial charge on any atom is -0.355 e. The van der Waals surface area contributed by atoms with Crippen LogP contribution in [0.1, 0.15) is 11.1 Å². The van der Waals surface area contributed by atoms with Gasteiger partial charge in [0, 0.05) is 30.8 Å². The third-order valence-electron chi connectivity index (χ3n) is 4.88. The van der Waals surface area contributed by atoms with Crippen LogP contribution in [0.2, 0.25) is 0 Å². The van der Waals surface area contributed by atoms with Crippen molar-refractivity contribution in [3.63, 3.8) is 0 Å². The van der Waals surface area contributed by atoms with E-state index in [2.05, 4.69) is 9.97 Å². The van der Waals surface area contributed by atoms with E-state index < -0.39 is 11.7 Å². The summed E-state index contributed by atoms with van der Waals surface area (Å²) in [5, 5.41) is 0. The molecule has 0 atom stereocenters. The third kappa shape index (κ3) is 4.91. The first-order chi connectivity index (χ1) is 14.9. The molecule has 4 rings (SSSR count). The number of benzene rings is 3. The van der Waals surface area contributed by atoms with Gasteiger partial charge in [-0.1, -0.05) is 72.8 Å². The van der Waals surface area contributed by atoms with Gasteiger partial charge >= 0.3 is 6.18 Å². The van der Waals surface area contributed by atoms with Crippen molar-refractivity contribution in [3.05, 3.63) is 102 Å². The number of rotatable bonds is 5. The van der Waals surface area contributed by atoms with Crippen LogP contribution in [0.25, 0.3) is 22.6 Å². The summed E-state index contributed by atoms with van der Waals surface area (Å²) in [5.74, 6) is 1.09. The van der Waals surface area contributed by atoms with Gasteiger partial charge < -0.3 is 4.90 Å². The van der Waals surface area contributed by atoms with Crippen molar-refractivity contribution in [1.82, 2.24) is 9.97 Å². The van der Waals surface area contributed by atoms with Crippen molar-refractivity contribution >= 4 is 5.82 Å². The highest BCUT2D eigenvalue weighted by molar-refractivity contribution is 5.68. The summed E-state index contributed by atoms with van der Waals surface area (Å²) < 4.78 is 39.7. The van der Waals surface area contributed by atoms with Crippen LogP contribution in [0.4, 0.5) is 19.0 Å². The zero-order valence-corrected chi connectivity index (χ0v) is 16.8. The Bertz CT molecular complexity index is 1160. The predicted molar refractivity (Wildman–Crippen MR) is 116 cm³/mol. The Morgan fingerprint density at radius 2 is 1.39 bits per heavy atom. The molecule has 0 bridgehead atoms. The number of hydrogen-bond acceptors (Lipinski definition) is 3. The van der Waals surface area contributed by atoms with E-state index in [1.54, 1.807) is 12.1 Å². The summed E-state index contributed by atoms with van der Waals surface area (Å²) >= 11 is 0. The summed E-state index contributed by atoms with van der Waals surface area (Å²) in [4.78, 5) is 11.2. The topological polar surface area (TPSA) is 29.0 Å². The Morgan fingerprint density at radius 1 is 0.742 bits per heavy atom. The van der Waals surface area contributed by atoms with Crippen LogP contribution in [0, 0.1) is 0 Å². The highest BCUT2D eigenvalue weighted by Gasteiger charge is 2.30. The molecule has 31 heavy (non-hydrogen) atoms. The maximum atomic E-state index is 13.2. The van der Waals surface area contributed by atoms with E-state index >= 15 is 0 Å². The monoisotopic (exact) mass is 419 g/mol. The van der Waals surface area contributed by atoms with Gasteiger partial charge in [0.2, 0.25) is 0 Å². The van der Waals surface area contributed by atoms with E-state index in [0.717, 1.165) is 23.3 Å². The minimum atomic E-state index is -4.42. The van der Waals surface area contributed by atoms with Crippen molar-refractivity contribution in [2.24, 2.45) is 0 Å². The first kappa shape index (κ1) is 20.6. The van der Waals surface area contributed by atoms with Crippen LogP contribution in [0.5, 0.6) is 0 Å². The smallest absolute Gasteiger partial charge is 0.355 e.